The summed E-state index contributed by atoms with van der Waals surface area (Å²) in [6.07, 6.45) is 0. The Morgan fingerprint density at radius 2 is 0.564 bits per heavy atom. The van der Waals surface area contributed by atoms with Crippen LogP contribution in [0.5, 0.6) is 0 Å². The average molecular weight is 1010 g/mol. The van der Waals surface area contributed by atoms with Crippen molar-refractivity contribution in [3.05, 3.63) is 264 Å². The van der Waals surface area contributed by atoms with Crippen molar-refractivity contribution in [2.24, 2.45) is 0 Å². The maximum Gasteiger partial charge on any atom is 0.147 e. The van der Waals surface area contributed by atoms with Gasteiger partial charge < -0.3 is 9.80 Å². The van der Waals surface area contributed by atoms with Crippen LogP contribution >= 0.6 is 0 Å². The number of anilines is 6. The van der Waals surface area contributed by atoms with Crippen molar-refractivity contribution in [1.29, 1.82) is 21.0 Å². The van der Waals surface area contributed by atoms with Crippen molar-refractivity contribution in [3.8, 4) is 68.8 Å². The van der Waals surface area contributed by atoms with Crippen LogP contribution in [-0.2, 0) is 0 Å². The number of halogens is 4. The van der Waals surface area contributed by atoms with E-state index in [2.05, 4.69) is 24.3 Å². The molecular weight excluding hydrogens is 977 g/mol. The molecule has 6 nitrogen and oxygen atoms in total. The van der Waals surface area contributed by atoms with Gasteiger partial charge in [-0.3, -0.25) is 0 Å². The predicted molar refractivity (Wildman–Crippen MR) is 300 cm³/mol. The standard InChI is InChI=1S/C68H36F4N6/c69-55-21-25-61(71)65(35-55)77(57-31-51(45-9-1-41(37-73)2-10-45)29-52(32-57)46-11-3-42(38-74)4-12-46)63-27-19-49-18-24-60-64(28-20-50-17-23-59(63)67(49)68(50)60)78(66-36-56(70)22-26-62(66)72)58-33-53(47-13-5-43(39-75)6-14-47)30-54(34-58)48-15-7-44(40-76)8-16-48/h1-36H. The molecule has 12 rings (SSSR count). The van der Waals surface area contributed by atoms with Gasteiger partial charge in [-0.05, 0) is 187 Å². The van der Waals surface area contributed by atoms with E-state index in [-0.39, 0.29) is 11.4 Å². The van der Waals surface area contributed by atoms with Crippen LogP contribution in [0.1, 0.15) is 22.3 Å². The normalized spacial score (nSPS) is 11.0. The van der Waals surface area contributed by atoms with Gasteiger partial charge in [0.25, 0.3) is 0 Å². The van der Waals surface area contributed by atoms with E-state index in [1.807, 2.05) is 133 Å². The molecule has 78 heavy (non-hydrogen) atoms. The quantitative estimate of drug-likeness (QED) is 0.0999. The number of hydrogen-bond donors (Lipinski definition) is 0. The van der Waals surface area contributed by atoms with E-state index in [0.717, 1.165) is 102 Å². The molecule has 0 spiro atoms. The minimum Gasteiger partial charge on any atom is -0.307 e. The van der Waals surface area contributed by atoms with Crippen LogP contribution in [0.15, 0.2) is 218 Å². The summed E-state index contributed by atoms with van der Waals surface area (Å²) in [4.78, 5) is 3.39. The topological polar surface area (TPSA) is 102 Å². The third-order valence-corrected chi connectivity index (χ3v) is 14.1. The van der Waals surface area contributed by atoms with Crippen LogP contribution in [0.25, 0.3) is 76.8 Å². The maximum atomic E-state index is 16.7. The number of nitriles is 4. The van der Waals surface area contributed by atoms with E-state index >= 15 is 17.6 Å². The molecule has 0 amide bonds. The van der Waals surface area contributed by atoms with Crippen molar-refractivity contribution >= 4 is 66.4 Å². The Hall–Kier alpha value is -11.0. The zero-order valence-electron chi connectivity index (χ0n) is 41.0. The summed E-state index contributed by atoms with van der Waals surface area (Å²) in [5.74, 6) is -2.71. The van der Waals surface area contributed by atoms with E-state index in [1.54, 1.807) is 58.3 Å². The molecule has 0 aliphatic heterocycles. The third-order valence-electron chi connectivity index (χ3n) is 14.1. The smallest absolute Gasteiger partial charge is 0.147 e. The minimum absolute atomic E-state index is 0.0681. The third kappa shape index (κ3) is 8.68. The average Bonchev–Trinajstić information content (AvgIpc) is 3.66. The molecule has 12 aromatic carbocycles. The lowest BCUT2D eigenvalue weighted by Gasteiger charge is -2.30. The molecule has 0 radical (unpaired) electrons. The van der Waals surface area contributed by atoms with Crippen LogP contribution in [-0.4, -0.2) is 0 Å². The van der Waals surface area contributed by atoms with Gasteiger partial charge in [-0.2, -0.15) is 21.0 Å². The van der Waals surface area contributed by atoms with Gasteiger partial charge in [-0.25, -0.2) is 17.6 Å². The molecule has 0 saturated heterocycles. The molecule has 0 aromatic heterocycles. The maximum absolute atomic E-state index is 16.7. The van der Waals surface area contributed by atoms with Crippen molar-refractivity contribution in [1.82, 2.24) is 0 Å². The summed E-state index contributed by atoms with van der Waals surface area (Å²) in [7, 11) is 0. The van der Waals surface area contributed by atoms with Gasteiger partial charge >= 0.3 is 0 Å². The SMILES string of the molecule is N#Cc1ccc(-c2cc(-c3ccc(C#N)cc3)cc(N(c3cc(F)ccc3F)c3ccc4ccc5c(N(c6cc(-c7ccc(C#N)cc7)cc(-c7ccc(C#N)cc7)c6)c6cc(F)ccc6F)ccc6ccc3c4c65)c2)cc1. The zero-order chi connectivity index (χ0) is 53.6. The molecule has 12 aromatic rings. The number of hydrogen-bond acceptors (Lipinski definition) is 6. The molecule has 0 fully saturated rings. The van der Waals surface area contributed by atoms with Crippen LogP contribution in [0.3, 0.4) is 0 Å². The van der Waals surface area contributed by atoms with E-state index in [0.29, 0.717) is 55.8 Å². The van der Waals surface area contributed by atoms with Crippen molar-refractivity contribution < 1.29 is 17.6 Å². The number of rotatable bonds is 10. The van der Waals surface area contributed by atoms with E-state index in [9.17, 15) is 21.0 Å². The lowest BCUT2D eigenvalue weighted by molar-refractivity contribution is 0.601. The molecule has 10 heteroatoms. The Morgan fingerprint density at radius 3 is 0.859 bits per heavy atom. The number of benzene rings is 12. The summed E-state index contributed by atoms with van der Waals surface area (Å²) < 4.78 is 64.7. The van der Waals surface area contributed by atoms with Gasteiger partial charge in [0.05, 0.1) is 69.3 Å². The Morgan fingerprint density at radius 1 is 0.269 bits per heavy atom. The highest BCUT2D eigenvalue weighted by atomic mass is 19.1. The second-order valence-corrected chi connectivity index (χ2v) is 18.7. The fourth-order valence-electron chi connectivity index (χ4n) is 10.4. The lowest BCUT2D eigenvalue weighted by Crippen LogP contribution is -2.14. The highest BCUT2D eigenvalue weighted by Crippen LogP contribution is 2.50. The van der Waals surface area contributed by atoms with Crippen LogP contribution in [0.2, 0.25) is 0 Å². The molecule has 0 heterocycles. The molecule has 0 atom stereocenters. The first-order chi connectivity index (χ1) is 38.1. The number of nitrogens with zero attached hydrogens (tertiary/aromatic N) is 6. The fourth-order valence-corrected chi connectivity index (χ4v) is 10.4. The first-order valence-corrected chi connectivity index (χ1v) is 24.6. The molecule has 0 N–H and O–H groups in total. The van der Waals surface area contributed by atoms with Gasteiger partial charge in [0.2, 0.25) is 0 Å². The second kappa shape index (κ2) is 19.7. The predicted octanol–water partition coefficient (Wildman–Crippen LogP) is 18.2. The minimum atomic E-state index is -0.690. The molecule has 0 aliphatic rings. The van der Waals surface area contributed by atoms with Crippen molar-refractivity contribution in [2.45, 2.75) is 0 Å². The highest BCUT2D eigenvalue weighted by molar-refractivity contribution is 6.28. The highest BCUT2D eigenvalue weighted by Gasteiger charge is 2.26. The van der Waals surface area contributed by atoms with Gasteiger partial charge in [0.15, 0.2) is 0 Å². The molecule has 0 unspecified atom stereocenters. The van der Waals surface area contributed by atoms with E-state index < -0.39 is 23.3 Å². The zero-order valence-corrected chi connectivity index (χ0v) is 41.0. The fraction of sp³-hybridized carbons (Fsp3) is 0. The molecular formula is C68H36F4N6. The van der Waals surface area contributed by atoms with E-state index in [1.165, 1.54) is 0 Å². The Labute approximate surface area is 445 Å². The van der Waals surface area contributed by atoms with Crippen LogP contribution in [0, 0.1) is 68.6 Å². The van der Waals surface area contributed by atoms with Gasteiger partial charge in [0.1, 0.15) is 23.3 Å². The van der Waals surface area contributed by atoms with Gasteiger partial charge in [0, 0.05) is 34.3 Å². The Balaban J connectivity index is 1.11. The van der Waals surface area contributed by atoms with Crippen molar-refractivity contribution in [2.75, 3.05) is 9.80 Å². The summed E-state index contributed by atoms with van der Waals surface area (Å²) in [5, 5.41) is 43.1. The van der Waals surface area contributed by atoms with Gasteiger partial charge in [-0.15, -0.1) is 0 Å². The largest absolute Gasteiger partial charge is 0.307 e. The summed E-state index contributed by atoms with van der Waals surface area (Å²) in [6.45, 7) is 0. The van der Waals surface area contributed by atoms with Crippen LogP contribution in [0.4, 0.5) is 51.7 Å². The molecule has 0 saturated carbocycles. The Kier molecular flexibility index (Phi) is 12.1. The molecule has 366 valence electrons. The summed E-state index contributed by atoms with van der Waals surface area (Å²) in [6, 6.07) is 70.6. The van der Waals surface area contributed by atoms with E-state index in [4.69, 9.17) is 0 Å². The summed E-state index contributed by atoms with van der Waals surface area (Å²) >= 11 is 0. The first-order valence-electron chi connectivity index (χ1n) is 24.6. The first kappa shape index (κ1) is 47.9. The van der Waals surface area contributed by atoms with Crippen molar-refractivity contribution in [3.63, 3.8) is 0 Å². The second-order valence-electron chi connectivity index (χ2n) is 18.7. The lowest BCUT2D eigenvalue weighted by atomic mass is 9.91. The Bertz CT molecular complexity index is 4080. The molecule has 0 bridgehead atoms. The van der Waals surface area contributed by atoms with Crippen LogP contribution < -0.4 is 9.80 Å². The van der Waals surface area contributed by atoms with Gasteiger partial charge in [-0.1, -0.05) is 84.9 Å². The summed E-state index contributed by atoms with van der Waals surface area (Å²) in [5.41, 5.74) is 9.63. The monoisotopic (exact) mass is 1010 g/mol. The molecule has 0 aliphatic carbocycles.